The summed E-state index contributed by atoms with van der Waals surface area (Å²) in [5, 5.41) is 6.39. The average molecular weight is 170 g/mol. The lowest BCUT2D eigenvalue weighted by molar-refractivity contribution is 0.361. The highest BCUT2D eigenvalue weighted by Crippen LogP contribution is 2.06. The van der Waals surface area contributed by atoms with E-state index < -0.39 is 0 Å². The zero-order chi connectivity index (χ0) is 9.23. The Kier molecular flexibility index (Phi) is 8.19. The summed E-state index contributed by atoms with van der Waals surface area (Å²) in [7, 11) is 0. The smallest absolute Gasteiger partial charge is 0.0360 e. The molecule has 1 rings (SSSR count). The number of hydrogen-bond donors (Lipinski definition) is 0. The van der Waals surface area contributed by atoms with Gasteiger partial charge in [0.2, 0.25) is 0 Å². The largest absolute Gasteiger partial charge is 0.297 e. The van der Waals surface area contributed by atoms with E-state index in [9.17, 15) is 0 Å². The third-order valence-electron chi connectivity index (χ3n) is 1.51. The van der Waals surface area contributed by atoms with E-state index in [1.807, 2.05) is 6.21 Å². The molecule has 0 radical (unpaired) electrons. The summed E-state index contributed by atoms with van der Waals surface area (Å²) < 4.78 is 0. The fraction of sp³-hybridized carbons (Fsp3) is 0.900. The third-order valence-corrected chi connectivity index (χ3v) is 1.51. The predicted molar refractivity (Wildman–Crippen MR) is 55.6 cm³/mol. The molecule has 1 aliphatic heterocycles. The molecule has 0 spiro atoms. The number of nitrogens with zero attached hydrogens (tertiary/aromatic N) is 2. The summed E-state index contributed by atoms with van der Waals surface area (Å²) in [5.41, 5.74) is 0. The molecular formula is C10H22N2. The molecule has 0 aromatic carbocycles. The molecule has 0 amide bonds. The molecule has 0 unspecified atom stereocenters. The maximum absolute atomic E-state index is 4.25. The van der Waals surface area contributed by atoms with Crippen molar-refractivity contribution in [1.82, 2.24) is 5.01 Å². The van der Waals surface area contributed by atoms with Gasteiger partial charge in [-0.05, 0) is 19.3 Å². The summed E-state index contributed by atoms with van der Waals surface area (Å²) in [6.07, 6.45) is 6.92. The van der Waals surface area contributed by atoms with Gasteiger partial charge < -0.3 is 0 Å². The normalized spacial score (nSPS) is 16.4. The van der Waals surface area contributed by atoms with Crippen molar-refractivity contribution >= 4 is 6.21 Å². The Bertz CT molecular complexity index is 104. The molecule has 72 valence electrons. The number of hydrazone groups is 1. The highest BCUT2D eigenvalue weighted by molar-refractivity contribution is 5.56. The zero-order valence-corrected chi connectivity index (χ0v) is 8.71. The summed E-state index contributed by atoms with van der Waals surface area (Å²) in [6.45, 7) is 8.69. The highest BCUT2D eigenvalue weighted by atomic mass is 15.5. The summed E-state index contributed by atoms with van der Waals surface area (Å²) in [5.74, 6) is 0. The van der Waals surface area contributed by atoms with Crippen molar-refractivity contribution in [3.63, 3.8) is 0 Å². The second kappa shape index (κ2) is 8.57. The lowest BCUT2D eigenvalue weighted by Gasteiger charge is -2.07. The van der Waals surface area contributed by atoms with E-state index in [1.165, 1.54) is 19.3 Å². The molecule has 1 fully saturated rings. The van der Waals surface area contributed by atoms with E-state index in [-0.39, 0.29) is 0 Å². The second-order valence-corrected chi connectivity index (χ2v) is 3.07. The molecule has 0 atom stereocenters. The van der Waals surface area contributed by atoms with Gasteiger partial charge in [0.25, 0.3) is 0 Å². The van der Waals surface area contributed by atoms with Crippen molar-refractivity contribution in [2.24, 2.45) is 5.10 Å². The van der Waals surface area contributed by atoms with E-state index in [0.29, 0.717) is 0 Å². The van der Waals surface area contributed by atoms with Crippen LogP contribution in [0.1, 0.15) is 46.5 Å². The Labute approximate surface area is 76.6 Å². The van der Waals surface area contributed by atoms with E-state index in [4.69, 9.17) is 0 Å². The fourth-order valence-corrected chi connectivity index (χ4v) is 1.01. The van der Waals surface area contributed by atoms with Gasteiger partial charge in [-0.1, -0.05) is 27.2 Å². The fourth-order valence-electron chi connectivity index (χ4n) is 1.01. The van der Waals surface area contributed by atoms with Crippen LogP contribution in [0.4, 0.5) is 0 Å². The Hall–Kier alpha value is -0.530. The van der Waals surface area contributed by atoms with Crippen LogP contribution in [0.15, 0.2) is 5.10 Å². The van der Waals surface area contributed by atoms with E-state index in [2.05, 4.69) is 30.9 Å². The third kappa shape index (κ3) is 6.20. The maximum Gasteiger partial charge on any atom is 0.0360 e. The second-order valence-electron chi connectivity index (χ2n) is 3.07. The summed E-state index contributed by atoms with van der Waals surface area (Å²) in [4.78, 5) is 0. The van der Waals surface area contributed by atoms with Gasteiger partial charge in [0.05, 0.1) is 0 Å². The average Bonchev–Trinajstić information content (AvgIpc) is 2.54. The molecule has 2 nitrogen and oxygen atoms in total. The number of hydrogen-bond acceptors (Lipinski definition) is 2. The first kappa shape index (κ1) is 11.5. The van der Waals surface area contributed by atoms with Gasteiger partial charge in [0, 0.05) is 19.3 Å². The van der Waals surface area contributed by atoms with Crippen LogP contribution < -0.4 is 0 Å². The summed E-state index contributed by atoms with van der Waals surface area (Å²) in [6, 6.07) is 0. The van der Waals surface area contributed by atoms with Gasteiger partial charge in [0.1, 0.15) is 0 Å². The van der Waals surface area contributed by atoms with E-state index in [1.54, 1.807) is 0 Å². The first-order valence-corrected chi connectivity index (χ1v) is 5.12. The quantitative estimate of drug-likeness (QED) is 0.582. The molecule has 1 aliphatic rings. The van der Waals surface area contributed by atoms with Crippen LogP contribution in [0, 0.1) is 0 Å². The highest BCUT2D eigenvalue weighted by Gasteiger charge is 2.06. The zero-order valence-electron chi connectivity index (χ0n) is 8.71. The molecular weight excluding hydrogens is 148 g/mol. The topological polar surface area (TPSA) is 15.6 Å². The van der Waals surface area contributed by atoms with Crippen LogP contribution in [-0.2, 0) is 0 Å². The monoisotopic (exact) mass is 170 g/mol. The van der Waals surface area contributed by atoms with Crippen LogP contribution in [0.25, 0.3) is 0 Å². The van der Waals surface area contributed by atoms with E-state index in [0.717, 1.165) is 19.5 Å². The first-order chi connectivity index (χ1) is 5.85. The van der Waals surface area contributed by atoms with Gasteiger partial charge >= 0.3 is 0 Å². The lowest BCUT2D eigenvalue weighted by Crippen LogP contribution is -2.10. The van der Waals surface area contributed by atoms with Gasteiger partial charge in [-0.25, -0.2) is 0 Å². The van der Waals surface area contributed by atoms with Crippen molar-refractivity contribution in [2.75, 3.05) is 13.1 Å². The minimum Gasteiger partial charge on any atom is -0.297 e. The molecule has 1 heterocycles. The van der Waals surface area contributed by atoms with Crippen LogP contribution >= 0.6 is 0 Å². The van der Waals surface area contributed by atoms with Crippen LogP contribution in [-0.4, -0.2) is 24.3 Å². The SMILES string of the molecule is CCC.CCC=NN1CCCC1. The molecule has 0 aromatic rings. The van der Waals surface area contributed by atoms with Gasteiger partial charge in [-0.3, -0.25) is 5.01 Å². The van der Waals surface area contributed by atoms with Gasteiger partial charge in [0.15, 0.2) is 0 Å². The van der Waals surface area contributed by atoms with E-state index >= 15 is 0 Å². The minimum atomic E-state index is 1.05. The Morgan fingerprint density at radius 3 is 2.08 bits per heavy atom. The molecule has 1 saturated heterocycles. The lowest BCUT2D eigenvalue weighted by atomic mass is 10.4. The molecule has 2 heteroatoms. The van der Waals surface area contributed by atoms with Crippen LogP contribution in [0.3, 0.4) is 0 Å². The first-order valence-electron chi connectivity index (χ1n) is 5.12. The summed E-state index contributed by atoms with van der Waals surface area (Å²) >= 11 is 0. The molecule has 0 saturated carbocycles. The molecule has 0 aliphatic carbocycles. The predicted octanol–water partition coefficient (Wildman–Crippen LogP) is 2.89. The molecule has 0 bridgehead atoms. The van der Waals surface area contributed by atoms with Gasteiger partial charge in [-0.15, -0.1) is 0 Å². The maximum atomic E-state index is 4.25. The van der Waals surface area contributed by atoms with Crippen molar-refractivity contribution in [3.8, 4) is 0 Å². The van der Waals surface area contributed by atoms with Crippen molar-refractivity contribution < 1.29 is 0 Å². The number of rotatable bonds is 2. The van der Waals surface area contributed by atoms with Crippen molar-refractivity contribution in [1.29, 1.82) is 0 Å². The van der Waals surface area contributed by atoms with Crippen LogP contribution in [0.5, 0.6) is 0 Å². The molecule has 0 N–H and O–H groups in total. The molecule has 12 heavy (non-hydrogen) atoms. The Morgan fingerprint density at radius 2 is 1.67 bits per heavy atom. The Morgan fingerprint density at radius 1 is 1.17 bits per heavy atom. The van der Waals surface area contributed by atoms with Crippen molar-refractivity contribution in [2.45, 2.75) is 46.5 Å². The standard InChI is InChI=1S/C7H14N2.C3H8/c1-2-5-8-9-6-3-4-7-9;1-3-2/h5H,2-4,6-7H2,1H3;3H2,1-2H3. The Balaban J connectivity index is 0.000000354. The molecule has 0 aromatic heterocycles. The van der Waals surface area contributed by atoms with Crippen LogP contribution in [0.2, 0.25) is 0 Å². The van der Waals surface area contributed by atoms with Crippen molar-refractivity contribution in [3.05, 3.63) is 0 Å². The minimum absolute atomic E-state index is 1.05. The van der Waals surface area contributed by atoms with Gasteiger partial charge in [-0.2, -0.15) is 5.10 Å².